The minimum atomic E-state index is -0.989. The lowest BCUT2D eigenvalue weighted by molar-refractivity contribution is -0.144. The molecule has 4 heteroatoms. The molecule has 0 fully saturated rings. The molecule has 1 N–H and O–H groups in total. The molecule has 0 amide bonds. The number of halogens is 1. The van der Waals surface area contributed by atoms with E-state index in [2.05, 4.69) is 0 Å². The fraction of sp³-hybridized carbons (Fsp3) is 0.150. The zero-order chi connectivity index (χ0) is 17.1. The molecule has 0 aromatic heterocycles. The highest BCUT2D eigenvalue weighted by Crippen LogP contribution is 2.27. The first-order valence-corrected chi connectivity index (χ1v) is 8.04. The third kappa shape index (κ3) is 3.52. The Labute approximate surface area is 145 Å². The fourth-order valence-corrected chi connectivity index (χ4v) is 2.95. The lowest BCUT2D eigenvalue weighted by Gasteiger charge is -2.18. The van der Waals surface area contributed by atoms with Crippen molar-refractivity contribution in [3.63, 3.8) is 0 Å². The molecule has 0 aliphatic heterocycles. The van der Waals surface area contributed by atoms with Crippen LogP contribution in [-0.2, 0) is 11.2 Å². The molecule has 3 aromatic rings. The van der Waals surface area contributed by atoms with Crippen molar-refractivity contribution in [3.05, 3.63) is 76.8 Å². The summed E-state index contributed by atoms with van der Waals surface area (Å²) in [5.41, 5.74) is 1.86. The topological polar surface area (TPSA) is 46.5 Å². The molecular formula is C20H17ClO3. The summed E-state index contributed by atoms with van der Waals surface area (Å²) < 4.78 is 5.85. The van der Waals surface area contributed by atoms with E-state index in [-0.39, 0.29) is 6.42 Å². The van der Waals surface area contributed by atoms with Crippen LogP contribution in [0.2, 0.25) is 5.02 Å². The number of carboxylic acids is 1. The van der Waals surface area contributed by atoms with E-state index in [1.807, 2.05) is 55.5 Å². The Morgan fingerprint density at radius 1 is 1.12 bits per heavy atom. The fourth-order valence-electron chi connectivity index (χ4n) is 2.72. The van der Waals surface area contributed by atoms with Crippen molar-refractivity contribution in [2.24, 2.45) is 0 Å². The summed E-state index contributed by atoms with van der Waals surface area (Å²) in [7, 11) is 0. The quantitative estimate of drug-likeness (QED) is 0.720. The number of aryl methyl sites for hydroxylation is 1. The number of carbonyl (C=O) groups is 1. The molecule has 0 unspecified atom stereocenters. The number of ether oxygens (including phenoxy) is 1. The number of fused-ring (bicyclic) bond motifs is 1. The maximum Gasteiger partial charge on any atom is 0.345 e. The molecule has 122 valence electrons. The molecule has 0 aliphatic carbocycles. The number of hydrogen-bond acceptors (Lipinski definition) is 2. The van der Waals surface area contributed by atoms with Gasteiger partial charge in [0.15, 0.2) is 6.10 Å². The standard InChI is InChI=1S/C20H17ClO3/c1-13-11-16(21)10-9-15(13)12-19(20(22)23)24-18-8-4-6-14-5-2-3-7-17(14)18/h2-11,19H,12H2,1H3,(H,22,23)/t19-/m0/s1. The van der Waals surface area contributed by atoms with Crippen LogP contribution in [0.25, 0.3) is 10.8 Å². The third-order valence-electron chi connectivity index (χ3n) is 4.00. The summed E-state index contributed by atoms with van der Waals surface area (Å²) in [5.74, 6) is -0.413. The van der Waals surface area contributed by atoms with Crippen LogP contribution in [0.15, 0.2) is 60.7 Å². The molecule has 0 saturated carbocycles. The van der Waals surface area contributed by atoms with Crippen molar-refractivity contribution in [2.45, 2.75) is 19.4 Å². The summed E-state index contributed by atoms with van der Waals surface area (Å²) in [5, 5.41) is 12.1. The van der Waals surface area contributed by atoms with Gasteiger partial charge >= 0.3 is 5.97 Å². The lowest BCUT2D eigenvalue weighted by atomic mass is 10.0. The van der Waals surface area contributed by atoms with Crippen molar-refractivity contribution in [3.8, 4) is 5.75 Å². The first kappa shape index (κ1) is 16.3. The van der Waals surface area contributed by atoms with E-state index >= 15 is 0 Å². The van der Waals surface area contributed by atoms with E-state index < -0.39 is 12.1 Å². The number of aliphatic carboxylic acids is 1. The van der Waals surface area contributed by atoms with Crippen LogP contribution in [0.5, 0.6) is 5.75 Å². The molecule has 0 aliphatic rings. The van der Waals surface area contributed by atoms with Crippen LogP contribution >= 0.6 is 11.6 Å². The van der Waals surface area contributed by atoms with Crippen LogP contribution in [0.4, 0.5) is 0 Å². The average Bonchev–Trinajstić information content (AvgIpc) is 2.56. The molecule has 0 radical (unpaired) electrons. The van der Waals surface area contributed by atoms with Crippen LogP contribution < -0.4 is 4.74 Å². The highest BCUT2D eigenvalue weighted by atomic mass is 35.5. The van der Waals surface area contributed by atoms with Crippen molar-refractivity contribution in [2.75, 3.05) is 0 Å². The van der Waals surface area contributed by atoms with Gasteiger partial charge in [-0.05, 0) is 41.6 Å². The van der Waals surface area contributed by atoms with Gasteiger partial charge in [0.25, 0.3) is 0 Å². The van der Waals surface area contributed by atoms with Gasteiger partial charge in [0.05, 0.1) is 0 Å². The Morgan fingerprint density at radius 2 is 1.88 bits per heavy atom. The largest absolute Gasteiger partial charge is 0.478 e. The van der Waals surface area contributed by atoms with Gasteiger partial charge in [-0.25, -0.2) is 4.79 Å². The van der Waals surface area contributed by atoms with E-state index in [1.165, 1.54) is 0 Å². The van der Waals surface area contributed by atoms with Crippen molar-refractivity contribution in [1.82, 2.24) is 0 Å². The lowest BCUT2D eigenvalue weighted by Crippen LogP contribution is -2.29. The first-order chi connectivity index (χ1) is 11.5. The molecule has 24 heavy (non-hydrogen) atoms. The van der Waals surface area contributed by atoms with Gasteiger partial charge in [0.1, 0.15) is 5.75 Å². The van der Waals surface area contributed by atoms with Crippen molar-refractivity contribution < 1.29 is 14.6 Å². The molecule has 0 bridgehead atoms. The van der Waals surface area contributed by atoms with E-state index in [0.29, 0.717) is 10.8 Å². The van der Waals surface area contributed by atoms with Crippen molar-refractivity contribution >= 4 is 28.3 Å². The highest BCUT2D eigenvalue weighted by molar-refractivity contribution is 6.30. The van der Waals surface area contributed by atoms with Crippen LogP contribution in [-0.4, -0.2) is 17.2 Å². The molecular weight excluding hydrogens is 324 g/mol. The van der Waals surface area contributed by atoms with Gasteiger partial charge in [-0.3, -0.25) is 0 Å². The Kier molecular flexibility index (Phi) is 4.72. The van der Waals surface area contributed by atoms with Crippen molar-refractivity contribution in [1.29, 1.82) is 0 Å². The van der Waals surface area contributed by atoms with E-state index in [1.54, 1.807) is 12.1 Å². The van der Waals surface area contributed by atoms with Gasteiger partial charge in [-0.15, -0.1) is 0 Å². The highest BCUT2D eigenvalue weighted by Gasteiger charge is 2.21. The number of hydrogen-bond donors (Lipinski definition) is 1. The predicted octanol–water partition coefficient (Wildman–Crippen LogP) is 4.88. The average molecular weight is 341 g/mol. The molecule has 0 spiro atoms. The Balaban J connectivity index is 1.90. The van der Waals surface area contributed by atoms with E-state index in [0.717, 1.165) is 21.9 Å². The summed E-state index contributed by atoms with van der Waals surface area (Å²) >= 11 is 5.96. The predicted molar refractivity (Wildman–Crippen MR) is 95.9 cm³/mol. The van der Waals surface area contributed by atoms with Gasteiger partial charge in [0, 0.05) is 16.8 Å². The molecule has 3 aromatic carbocycles. The van der Waals surface area contributed by atoms with Gasteiger partial charge in [0.2, 0.25) is 0 Å². The third-order valence-corrected chi connectivity index (χ3v) is 4.24. The van der Waals surface area contributed by atoms with Gasteiger partial charge < -0.3 is 9.84 Å². The van der Waals surface area contributed by atoms with Crippen LogP contribution in [0, 0.1) is 6.92 Å². The summed E-state index contributed by atoms with van der Waals surface area (Å²) in [4.78, 5) is 11.7. The number of carboxylic acid groups (broad SMARTS) is 1. The zero-order valence-electron chi connectivity index (χ0n) is 13.2. The second-order valence-electron chi connectivity index (χ2n) is 5.70. The van der Waals surface area contributed by atoms with E-state index in [4.69, 9.17) is 16.3 Å². The van der Waals surface area contributed by atoms with Crippen LogP contribution in [0.3, 0.4) is 0 Å². The number of benzene rings is 3. The molecule has 0 heterocycles. The minimum absolute atomic E-state index is 0.279. The number of rotatable bonds is 5. The van der Waals surface area contributed by atoms with Gasteiger partial charge in [-0.1, -0.05) is 54.1 Å². The summed E-state index contributed by atoms with van der Waals surface area (Å²) in [6.45, 7) is 1.91. The normalized spacial score (nSPS) is 12.1. The maximum atomic E-state index is 11.7. The first-order valence-electron chi connectivity index (χ1n) is 7.67. The second-order valence-corrected chi connectivity index (χ2v) is 6.13. The smallest absolute Gasteiger partial charge is 0.345 e. The molecule has 0 saturated heterocycles. The SMILES string of the molecule is Cc1cc(Cl)ccc1C[C@H](Oc1cccc2ccccc12)C(=O)O. The Bertz CT molecular complexity index is 884. The monoisotopic (exact) mass is 340 g/mol. The minimum Gasteiger partial charge on any atom is -0.478 e. The second kappa shape index (κ2) is 6.93. The molecule has 3 rings (SSSR count). The summed E-state index contributed by atoms with van der Waals surface area (Å²) in [6, 6.07) is 18.8. The maximum absolute atomic E-state index is 11.7. The molecule has 1 atom stereocenters. The van der Waals surface area contributed by atoms with E-state index in [9.17, 15) is 9.90 Å². The van der Waals surface area contributed by atoms with Crippen LogP contribution in [0.1, 0.15) is 11.1 Å². The Morgan fingerprint density at radius 3 is 2.62 bits per heavy atom. The Hall–Kier alpha value is -2.52. The van der Waals surface area contributed by atoms with Gasteiger partial charge in [-0.2, -0.15) is 0 Å². The summed E-state index contributed by atoms with van der Waals surface area (Å²) in [6.07, 6.45) is -0.683. The zero-order valence-corrected chi connectivity index (χ0v) is 14.0. The molecule has 3 nitrogen and oxygen atoms in total.